The number of amides is 2. The minimum absolute atomic E-state index is 0.0248. The molecular formula is C22H30N2O. The van der Waals surface area contributed by atoms with Crippen molar-refractivity contribution in [3.8, 4) is 0 Å². The number of hydrogen-bond acceptors (Lipinski definition) is 1. The minimum Gasteiger partial charge on any atom is -0.328 e. The standard InChI is InChI=1S/C22H30N2O/c1-5-20(18-14-10-8-11-15-18)24(4)21(25)23-22(6-2,7-3)19-16-12-9-13-17-19/h8-17,20H,5-7H2,1-4H3,(H,23,25). The van der Waals surface area contributed by atoms with E-state index < -0.39 is 0 Å². The van der Waals surface area contributed by atoms with Crippen LogP contribution >= 0.6 is 0 Å². The second-order valence-corrected chi connectivity index (χ2v) is 6.53. The quantitative estimate of drug-likeness (QED) is 0.711. The lowest BCUT2D eigenvalue weighted by Gasteiger charge is -2.37. The van der Waals surface area contributed by atoms with Crippen LogP contribution in [0.15, 0.2) is 60.7 Å². The molecule has 2 rings (SSSR count). The molecule has 1 N–H and O–H groups in total. The van der Waals surface area contributed by atoms with Gasteiger partial charge in [0.15, 0.2) is 0 Å². The second kappa shape index (κ2) is 8.70. The predicted octanol–water partition coefficient (Wildman–Crippen LogP) is 5.49. The van der Waals surface area contributed by atoms with E-state index in [1.165, 1.54) is 5.56 Å². The number of carbonyl (C=O) groups is 1. The Morgan fingerprint density at radius 1 is 0.960 bits per heavy atom. The smallest absolute Gasteiger partial charge is 0.318 e. The highest BCUT2D eigenvalue weighted by Crippen LogP contribution is 2.30. The van der Waals surface area contributed by atoms with E-state index in [1.54, 1.807) is 0 Å². The highest BCUT2D eigenvalue weighted by Gasteiger charge is 2.32. The molecule has 0 saturated carbocycles. The molecule has 0 bridgehead atoms. The van der Waals surface area contributed by atoms with E-state index >= 15 is 0 Å². The van der Waals surface area contributed by atoms with Crippen LogP contribution in [0.1, 0.15) is 57.2 Å². The summed E-state index contributed by atoms with van der Waals surface area (Å²) in [6.07, 6.45) is 2.59. The number of nitrogens with one attached hydrogen (secondary N) is 1. The van der Waals surface area contributed by atoms with Gasteiger partial charge < -0.3 is 10.2 Å². The molecular weight excluding hydrogens is 308 g/mol. The lowest BCUT2D eigenvalue weighted by Crippen LogP contribution is -2.50. The van der Waals surface area contributed by atoms with Crippen molar-refractivity contribution < 1.29 is 4.79 Å². The van der Waals surface area contributed by atoms with Crippen LogP contribution in [-0.4, -0.2) is 18.0 Å². The van der Waals surface area contributed by atoms with E-state index in [-0.39, 0.29) is 17.6 Å². The monoisotopic (exact) mass is 338 g/mol. The van der Waals surface area contributed by atoms with Crippen LogP contribution in [0.5, 0.6) is 0 Å². The molecule has 0 heterocycles. The third kappa shape index (κ3) is 4.22. The topological polar surface area (TPSA) is 32.3 Å². The fourth-order valence-electron chi connectivity index (χ4n) is 3.51. The Bertz CT molecular complexity index is 650. The van der Waals surface area contributed by atoms with Gasteiger partial charge in [0.05, 0.1) is 11.6 Å². The fraction of sp³-hybridized carbons (Fsp3) is 0.409. The van der Waals surface area contributed by atoms with Gasteiger partial charge in [-0.1, -0.05) is 81.4 Å². The number of carbonyl (C=O) groups excluding carboxylic acids is 1. The molecule has 2 aromatic rings. The molecule has 0 aliphatic heterocycles. The van der Waals surface area contributed by atoms with E-state index in [0.29, 0.717) is 0 Å². The maximum atomic E-state index is 13.0. The average molecular weight is 338 g/mol. The van der Waals surface area contributed by atoms with Crippen LogP contribution in [0.25, 0.3) is 0 Å². The average Bonchev–Trinajstić information content (AvgIpc) is 2.68. The zero-order chi connectivity index (χ0) is 18.3. The van der Waals surface area contributed by atoms with Gasteiger partial charge in [-0.3, -0.25) is 0 Å². The zero-order valence-electron chi connectivity index (χ0n) is 15.8. The first-order chi connectivity index (χ1) is 12.1. The van der Waals surface area contributed by atoms with E-state index in [9.17, 15) is 4.79 Å². The van der Waals surface area contributed by atoms with Gasteiger partial charge >= 0.3 is 6.03 Å². The number of rotatable bonds is 7. The van der Waals surface area contributed by atoms with Crippen LogP contribution in [0.3, 0.4) is 0 Å². The van der Waals surface area contributed by atoms with Crippen LogP contribution in [0.2, 0.25) is 0 Å². The first kappa shape index (κ1) is 19.0. The van der Waals surface area contributed by atoms with Gasteiger partial charge in [-0.15, -0.1) is 0 Å². The van der Waals surface area contributed by atoms with Gasteiger partial charge in [0.25, 0.3) is 0 Å². The van der Waals surface area contributed by atoms with E-state index in [4.69, 9.17) is 0 Å². The van der Waals surface area contributed by atoms with Crippen molar-refractivity contribution in [1.82, 2.24) is 10.2 Å². The fourth-order valence-corrected chi connectivity index (χ4v) is 3.51. The van der Waals surface area contributed by atoms with Gasteiger partial charge in [0.2, 0.25) is 0 Å². The van der Waals surface area contributed by atoms with Gasteiger partial charge in [0.1, 0.15) is 0 Å². The summed E-state index contributed by atoms with van der Waals surface area (Å²) in [5.74, 6) is 0. The summed E-state index contributed by atoms with van der Waals surface area (Å²) in [5, 5.41) is 3.32. The number of urea groups is 1. The van der Waals surface area contributed by atoms with Crippen LogP contribution < -0.4 is 5.32 Å². The SMILES string of the molecule is CCC(c1ccccc1)N(C)C(=O)NC(CC)(CC)c1ccccc1. The van der Waals surface area contributed by atoms with Gasteiger partial charge in [0, 0.05) is 7.05 Å². The van der Waals surface area contributed by atoms with Crippen molar-refractivity contribution in [3.05, 3.63) is 71.8 Å². The molecule has 0 aromatic heterocycles. The molecule has 2 aromatic carbocycles. The highest BCUT2D eigenvalue weighted by atomic mass is 16.2. The summed E-state index contributed by atoms with van der Waals surface area (Å²) in [6, 6.07) is 20.5. The van der Waals surface area contributed by atoms with Crippen molar-refractivity contribution in [1.29, 1.82) is 0 Å². The Balaban J connectivity index is 2.23. The lowest BCUT2D eigenvalue weighted by atomic mass is 9.85. The number of nitrogens with zero attached hydrogens (tertiary/aromatic N) is 1. The van der Waals surface area contributed by atoms with Crippen LogP contribution in [-0.2, 0) is 5.54 Å². The Morgan fingerprint density at radius 3 is 1.96 bits per heavy atom. The minimum atomic E-state index is -0.332. The molecule has 0 fully saturated rings. The highest BCUT2D eigenvalue weighted by molar-refractivity contribution is 5.75. The van der Waals surface area contributed by atoms with E-state index in [1.807, 2.05) is 48.3 Å². The molecule has 0 aliphatic rings. The van der Waals surface area contributed by atoms with E-state index in [0.717, 1.165) is 24.8 Å². The third-order valence-corrected chi connectivity index (χ3v) is 5.24. The molecule has 25 heavy (non-hydrogen) atoms. The molecule has 1 unspecified atom stereocenters. The summed E-state index contributed by atoms with van der Waals surface area (Å²) < 4.78 is 0. The first-order valence-corrected chi connectivity index (χ1v) is 9.23. The Kier molecular flexibility index (Phi) is 6.63. The van der Waals surface area contributed by atoms with Gasteiger partial charge in [-0.25, -0.2) is 4.79 Å². The summed E-state index contributed by atoms with van der Waals surface area (Å²) >= 11 is 0. The molecule has 3 nitrogen and oxygen atoms in total. The normalized spacial score (nSPS) is 12.5. The predicted molar refractivity (Wildman–Crippen MR) is 104 cm³/mol. The Labute approximate surface area is 152 Å². The number of hydrogen-bond donors (Lipinski definition) is 1. The summed E-state index contributed by atoms with van der Waals surface area (Å²) in [5.41, 5.74) is 2.00. The van der Waals surface area contributed by atoms with E-state index in [2.05, 4.69) is 50.4 Å². The largest absolute Gasteiger partial charge is 0.328 e. The van der Waals surface area contributed by atoms with Crippen molar-refractivity contribution >= 4 is 6.03 Å². The summed E-state index contributed by atoms with van der Waals surface area (Å²) in [4.78, 5) is 14.9. The van der Waals surface area contributed by atoms with Gasteiger partial charge in [-0.05, 0) is 30.4 Å². The van der Waals surface area contributed by atoms with Crippen molar-refractivity contribution in [2.75, 3.05) is 7.05 Å². The molecule has 0 spiro atoms. The molecule has 1 atom stereocenters. The van der Waals surface area contributed by atoms with Crippen molar-refractivity contribution in [2.24, 2.45) is 0 Å². The molecule has 0 radical (unpaired) electrons. The summed E-state index contributed by atoms with van der Waals surface area (Å²) in [6.45, 7) is 6.38. The summed E-state index contributed by atoms with van der Waals surface area (Å²) in [7, 11) is 1.89. The maximum absolute atomic E-state index is 13.0. The first-order valence-electron chi connectivity index (χ1n) is 9.23. The molecule has 3 heteroatoms. The molecule has 0 aliphatic carbocycles. The molecule has 2 amide bonds. The maximum Gasteiger partial charge on any atom is 0.318 e. The zero-order valence-corrected chi connectivity index (χ0v) is 15.8. The van der Waals surface area contributed by atoms with Gasteiger partial charge in [-0.2, -0.15) is 0 Å². The van der Waals surface area contributed by atoms with Crippen LogP contribution in [0.4, 0.5) is 4.79 Å². The Morgan fingerprint density at radius 2 is 1.48 bits per heavy atom. The van der Waals surface area contributed by atoms with Crippen molar-refractivity contribution in [2.45, 2.75) is 51.6 Å². The molecule has 0 saturated heterocycles. The third-order valence-electron chi connectivity index (χ3n) is 5.24. The van der Waals surface area contributed by atoms with Crippen molar-refractivity contribution in [3.63, 3.8) is 0 Å². The molecule has 134 valence electrons. The lowest BCUT2D eigenvalue weighted by molar-refractivity contribution is 0.170. The number of benzene rings is 2. The Hall–Kier alpha value is -2.29. The second-order valence-electron chi connectivity index (χ2n) is 6.53. The van der Waals surface area contributed by atoms with Crippen LogP contribution in [0, 0.1) is 0 Å².